The molecular weight excluding hydrogens is 789 g/mol. The second-order valence-corrected chi connectivity index (χ2v) is 16.4. The van der Waals surface area contributed by atoms with Gasteiger partial charge in [-0.25, -0.2) is 0 Å². The Morgan fingerprint density at radius 3 is 1.80 bits per heavy atom. The molecule has 0 N–H and O–H groups in total. The van der Waals surface area contributed by atoms with E-state index in [1.807, 2.05) is 53.7 Å². The molecule has 55 heavy (non-hydrogen) atoms. The van der Waals surface area contributed by atoms with Crippen LogP contribution in [-0.4, -0.2) is 105 Å². The van der Waals surface area contributed by atoms with E-state index in [9.17, 15) is 27.6 Å². The first-order valence-corrected chi connectivity index (χ1v) is 19.9. The summed E-state index contributed by atoms with van der Waals surface area (Å²) in [5.41, 5.74) is 11.1. The Labute approximate surface area is 330 Å². The van der Waals surface area contributed by atoms with Crippen molar-refractivity contribution in [2.45, 2.75) is 146 Å². The highest BCUT2D eigenvalue weighted by Crippen LogP contribution is 2.42. The van der Waals surface area contributed by atoms with E-state index in [0.29, 0.717) is 11.1 Å². The van der Waals surface area contributed by atoms with E-state index in [2.05, 4.69) is 10.0 Å². The second-order valence-electron chi connectivity index (χ2n) is 14.1. The van der Waals surface area contributed by atoms with E-state index < -0.39 is 107 Å². The van der Waals surface area contributed by atoms with Gasteiger partial charge < -0.3 is 33.2 Å². The quantitative estimate of drug-likeness (QED) is 0.0382. The molecule has 20 heteroatoms. The number of alkyl halides is 2. The highest BCUT2D eigenvalue weighted by molar-refractivity contribution is 7.86. The standard InChI is InChI=1S/C35H49Cl2N3O14S/c1-16(2)23-11-24(17(3)4)32(25(12-23)18(5)6)55(45,46)47-14-27-28(37)30(49-20(8)42)31(50-21(9)43)34(52-27)54-35(15-36)33(51-22(10)44)29(48-19(7)41)26(53-35)13-39-40-38/h11-12,16-18,26-31,33-34H,13-15H2,1-10H3/t26-,27-,28+,29-,30+,31-,33+,34-,35+/m1/s1. The Morgan fingerprint density at radius 2 is 1.35 bits per heavy atom. The smallest absolute Gasteiger partial charge is 0.303 e. The van der Waals surface area contributed by atoms with E-state index in [4.69, 9.17) is 66.1 Å². The van der Waals surface area contributed by atoms with Crippen LogP contribution in [0.15, 0.2) is 22.1 Å². The van der Waals surface area contributed by atoms with Crippen LogP contribution in [0.2, 0.25) is 0 Å². The van der Waals surface area contributed by atoms with Crippen LogP contribution in [0, 0.1) is 0 Å². The summed E-state index contributed by atoms with van der Waals surface area (Å²) < 4.78 is 74.4. The SMILES string of the molecule is CC(=O)O[C@@H]1[C@@H](CN=[N+]=[N-])O[C@@](CCl)(O[C@H]2O[C@H](COS(=O)(=O)c3c(C(C)C)cc(C(C)C)cc3C(C)C)[C@H](Cl)[C@H](OC(C)=O)[C@H]2OC(C)=O)[C@H]1OC(C)=O. The minimum absolute atomic E-state index is 0.00166. The molecule has 2 fully saturated rings. The van der Waals surface area contributed by atoms with Gasteiger partial charge in [-0.1, -0.05) is 58.8 Å². The van der Waals surface area contributed by atoms with Gasteiger partial charge in [0.15, 0.2) is 24.4 Å². The van der Waals surface area contributed by atoms with Crippen molar-refractivity contribution in [1.29, 1.82) is 0 Å². The number of esters is 4. The molecule has 17 nitrogen and oxygen atoms in total. The number of carbonyl (C=O) groups excluding carboxylic acids is 4. The van der Waals surface area contributed by atoms with Crippen molar-refractivity contribution in [3.63, 3.8) is 0 Å². The molecule has 0 unspecified atom stereocenters. The number of hydrogen-bond acceptors (Lipinski definition) is 15. The van der Waals surface area contributed by atoms with Crippen LogP contribution in [0.3, 0.4) is 0 Å². The second kappa shape index (κ2) is 19.3. The fourth-order valence-corrected chi connectivity index (χ4v) is 8.52. The average molecular weight is 839 g/mol. The number of rotatable bonds is 16. The van der Waals surface area contributed by atoms with Gasteiger partial charge in [-0.3, -0.25) is 23.4 Å². The van der Waals surface area contributed by atoms with Gasteiger partial charge in [0.05, 0.1) is 19.0 Å². The highest BCUT2D eigenvalue weighted by Gasteiger charge is 2.63. The predicted molar refractivity (Wildman–Crippen MR) is 196 cm³/mol. The van der Waals surface area contributed by atoms with Gasteiger partial charge in [-0.2, -0.15) is 8.42 Å². The Balaban J connectivity index is 2.14. The summed E-state index contributed by atoms with van der Waals surface area (Å²) in [6.07, 6.45) is -10.9. The average Bonchev–Trinajstić information content (AvgIpc) is 3.35. The van der Waals surface area contributed by atoms with Crippen molar-refractivity contribution in [3.05, 3.63) is 39.3 Å². The minimum atomic E-state index is -4.53. The molecule has 3 rings (SSSR count). The topological polar surface area (TPSA) is 225 Å². The van der Waals surface area contributed by atoms with Crippen LogP contribution >= 0.6 is 23.2 Å². The Hall–Kier alpha value is -3.22. The lowest BCUT2D eigenvalue weighted by Crippen LogP contribution is -2.63. The molecule has 0 spiro atoms. The van der Waals surface area contributed by atoms with Gasteiger partial charge >= 0.3 is 23.9 Å². The van der Waals surface area contributed by atoms with Crippen molar-refractivity contribution in [1.82, 2.24) is 0 Å². The fourth-order valence-electron chi connectivity index (χ4n) is 6.32. The summed E-state index contributed by atoms with van der Waals surface area (Å²) in [4.78, 5) is 52.0. The van der Waals surface area contributed by atoms with Crippen LogP contribution in [0.5, 0.6) is 0 Å². The first kappa shape index (κ1) is 46.2. The number of azide groups is 1. The van der Waals surface area contributed by atoms with Gasteiger partial charge in [0.2, 0.25) is 12.1 Å². The number of carbonyl (C=O) groups is 4. The summed E-state index contributed by atoms with van der Waals surface area (Å²) in [6, 6.07) is 3.68. The maximum absolute atomic E-state index is 14.2. The minimum Gasteiger partial charge on any atom is -0.457 e. The molecule has 0 aliphatic carbocycles. The largest absolute Gasteiger partial charge is 0.457 e. The number of ether oxygens (including phenoxy) is 7. The summed E-state index contributed by atoms with van der Waals surface area (Å²) in [5.74, 6) is -6.72. The summed E-state index contributed by atoms with van der Waals surface area (Å²) >= 11 is 13.3. The zero-order chi connectivity index (χ0) is 41.6. The lowest BCUT2D eigenvalue weighted by atomic mass is 9.89. The summed E-state index contributed by atoms with van der Waals surface area (Å²) in [5, 5.41) is 2.08. The molecule has 0 amide bonds. The Kier molecular flexibility index (Phi) is 16.2. The molecule has 0 saturated carbocycles. The number of benzene rings is 1. The highest BCUT2D eigenvalue weighted by atomic mass is 35.5. The van der Waals surface area contributed by atoms with E-state index in [1.54, 1.807) is 0 Å². The van der Waals surface area contributed by atoms with Gasteiger partial charge in [-0.15, -0.1) is 23.2 Å². The molecule has 2 heterocycles. The van der Waals surface area contributed by atoms with Crippen LogP contribution < -0.4 is 0 Å². The van der Waals surface area contributed by atoms with Gasteiger partial charge in [0.25, 0.3) is 10.1 Å². The van der Waals surface area contributed by atoms with Crippen LogP contribution in [0.25, 0.3) is 10.4 Å². The lowest BCUT2D eigenvalue weighted by molar-refractivity contribution is -0.358. The first-order chi connectivity index (χ1) is 25.6. The van der Waals surface area contributed by atoms with Crippen LogP contribution in [0.4, 0.5) is 0 Å². The van der Waals surface area contributed by atoms with E-state index in [-0.39, 0.29) is 22.6 Å². The molecule has 0 aromatic heterocycles. The van der Waals surface area contributed by atoms with Crippen molar-refractivity contribution >= 4 is 57.2 Å². The normalized spacial score (nSPS) is 28.1. The first-order valence-electron chi connectivity index (χ1n) is 17.6. The third-order valence-corrected chi connectivity index (χ3v) is 11.1. The van der Waals surface area contributed by atoms with E-state index >= 15 is 0 Å². The van der Waals surface area contributed by atoms with Gasteiger partial charge in [-0.05, 0) is 40.0 Å². The molecule has 2 aliphatic heterocycles. The van der Waals surface area contributed by atoms with E-state index in [0.717, 1.165) is 33.3 Å². The van der Waals surface area contributed by atoms with Crippen molar-refractivity contribution in [3.8, 4) is 0 Å². The van der Waals surface area contributed by atoms with Crippen molar-refractivity contribution in [2.24, 2.45) is 5.11 Å². The molecule has 1 aromatic carbocycles. The zero-order valence-corrected chi connectivity index (χ0v) is 34.7. The molecule has 9 atom stereocenters. The molecule has 308 valence electrons. The molecular formula is C35H49Cl2N3O14S. The van der Waals surface area contributed by atoms with Crippen molar-refractivity contribution < 1.29 is 64.9 Å². The zero-order valence-electron chi connectivity index (χ0n) is 32.3. The van der Waals surface area contributed by atoms with E-state index in [1.165, 1.54) is 0 Å². The number of halogens is 2. The molecule has 2 aliphatic rings. The lowest BCUT2D eigenvalue weighted by Gasteiger charge is -2.45. The third kappa shape index (κ3) is 11.2. The monoisotopic (exact) mass is 837 g/mol. The number of hydrogen-bond donors (Lipinski definition) is 0. The predicted octanol–water partition coefficient (Wildman–Crippen LogP) is 5.48. The molecule has 0 bridgehead atoms. The van der Waals surface area contributed by atoms with Crippen LogP contribution in [-0.2, 0) is 66.6 Å². The summed E-state index contributed by atoms with van der Waals surface area (Å²) in [7, 11) is -4.53. The maximum atomic E-state index is 14.2. The molecule has 1 aromatic rings. The number of nitrogens with zero attached hydrogens (tertiary/aromatic N) is 3. The fraction of sp³-hybridized carbons (Fsp3) is 0.714. The molecule has 2 saturated heterocycles. The van der Waals surface area contributed by atoms with Gasteiger partial charge in [0.1, 0.15) is 22.5 Å². The summed E-state index contributed by atoms with van der Waals surface area (Å²) in [6.45, 7) is 14.5. The Bertz CT molecular complexity index is 1710. The van der Waals surface area contributed by atoms with Gasteiger partial charge in [0, 0.05) is 32.6 Å². The maximum Gasteiger partial charge on any atom is 0.303 e. The third-order valence-electron chi connectivity index (χ3n) is 8.76. The van der Waals surface area contributed by atoms with Crippen LogP contribution in [0.1, 0.15) is 104 Å². The Morgan fingerprint density at radius 1 is 0.836 bits per heavy atom. The van der Waals surface area contributed by atoms with Crippen molar-refractivity contribution in [2.75, 3.05) is 19.0 Å². The molecule has 0 radical (unpaired) electrons.